The van der Waals surface area contributed by atoms with Gasteiger partial charge in [0.15, 0.2) is 9.73 Å². The van der Waals surface area contributed by atoms with E-state index in [0.717, 1.165) is 23.5 Å². The van der Waals surface area contributed by atoms with Gasteiger partial charge in [-0.05, 0) is 25.1 Å². The quantitative estimate of drug-likeness (QED) is 0.279. The number of benzene rings is 1. The topological polar surface area (TPSA) is 159 Å². The van der Waals surface area contributed by atoms with Gasteiger partial charge in [-0.1, -0.05) is 35.3 Å². The fourth-order valence-corrected chi connectivity index (χ4v) is 5.56. The number of hydrogen-bond acceptors (Lipinski definition) is 11. The molecule has 45 heavy (non-hydrogen) atoms. The molecular formula is C25H24Cl2F3N7O7S. The molecule has 3 aromatic heterocycles. The summed E-state index contributed by atoms with van der Waals surface area (Å²) in [4.78, 5) is 22.5. The second-order valence-electron chi connectivity index (χ2n) is 8.92. The van der Waals surface area contributed by atoms with E-state index in [9.17, 15) is 26.4 Å². The number of fused-ring (bicyclic) bond motifs is 2. The molecule has 4 aromatic rings. The Bertz CT molecular complexity index is 1810. The van der Waals surface area contributed by atoms with Gasteiger partial charge in [0.1, 0.15) is 12.4 Å². The number of methoxy groups -OCH3 is 3. The molecule has 20 heteroatoms. The first-order valence-corrected chi connectivity index (χ1v) is 14.9. The van der Waals surface area contributed by atoms with Gasteiger partial charge in [0.2, 0.25) is 17.6 Å². The van der Waals surface area contributed by atoms with Crippen molar-refractivity contribution in [2.24, 2.45) is 0 Å². The summed E-state index contributed by atoms with van der Waals surface area (Å²) in [7, 11) is -1.20. The monoisotopic (exact) mass is 693 g/mol. The van der Waals surface area contributed by atoms with Crippen LogP contribution < -0.4 is 28.6 Å². The Morgan fingerprint density at radius 3 is 2.44 bits per heavy atom. The van der Waals surface area contributed by atoms with Gasteiger partial charge in [0.05, 0.1) is 44.7 Å². The molecule has 0 aliphatic carbocycles. The third kappa shape index (κ3) is 7.18. The molecule has 0 radical (unpaired) electrons. The Morgan fingerprint density at radius 2 is 1.82 bits per heavy atom. The highest BCUT2D eigenvalue weighted by Gasteiger charge is 2.40. The SMILES string of the molecule is CC1COc2ccccc2N1C(=O)C(Cl)Cl.COc1cc(OC)n2nc(NS(=O)(=O)c3c(C(F)(F)F)ccnc3OC)nc2n1. The lowest BCUT2D eigenvalue weighted by atomic mass is 10.1. The van der Waals surface area contributed by atoms with Crippen molar-refractivity contribution in [3.63, 3.8) is 0 Å². The Morgan fingerprint density at radius 1 is 1.11 bits per heavy atom. The summed E-state index contributed by atoms with van der Waals surface area (Å²) in [6.45, 7) is 2.34. The lowest BCUT2D eigenvalue weighted by Gasteiger charge is -2.35. The largest absolute Gasteiger partial charge is 0.489 e. The van der Waals surface area contributed by atoms with Gasteiger partial charge in [0, 0.05) is 6.20 Å². The van der Waals surface area contributed by atoms with E-state index in [2.05, 4.69) is 20.1 Å². The number of aromatic nitrogens is 5. The molecule has 1 aliphatic heterocycles. The smallest absolute Gasteiger partial charge is 0.418 e. The van der Waals surface area contributed by atoms with Crippen molar-refractivity contribution < 1.29 is 45.3 Å². The van der Waals surface area contributed by atoms with Crippen LogP contribution in [0.25, 0.3) is 5.78 Å². The summed E-state index contributed by atoms with van der Waals surface area (Å²) >= 11 is 11.3. The molecule has 14 nitrogen and oxygen atoms in total. The first-order valence-electron chi connectivity index (χ1n) is 12.5. The average molecular weight is 694 g/mol. The number of para-hydroxylation sites is 2. The van der Waals surface area contributed by atoms with Crippen molar-refractivity contribution in [1.82, 2.24) is 24.6 Å². The molecule has 4 heterocycles. The molecule has 1 aliphatic rings. The molecule has 1 N–H and O–H groups in total. The molecule has 242 valence electrons. The van der Waals surface area contributed by atoms with Crippen LogP contribution in [0, 0.1) is 0 Å². The second-order valence-corrected chi connectivity index (χ2v) is 11.6. The molecule has 5 rings (SSSR count). The summed E-state index contributed by atoms with van der Waals surface area (Å²) in [5.74, 6) is -0.844. The van der Waals surface area contributed by atoms with E-state index in [4.69, 9.17) is 42.1 Å². The molecular weight excluding hydrogens is 670 g/mol. The van der Waals surface area contributed by atoms with Gasteiger partial charge in [0.25, 0.3) is 27.7 Å². The number of rotatable bonds is 7. The van der Waals surface area contributed by atoms with Gasteiger partial charge in [-0.2, -0.15) is 27.7 Å². The van der Waals surface area contributed by atoms with Crippen molar-refractivity contribution in [1.29, 1.82) is 0 Å². The summed E-state index contributed by atoms with van der Waals surface area (Å²) < 4.78 is 88.6. The highest BCUT2D eigenvalue weighted by molar-refractivity contribution is 7.92. The van der Waals surface area contributed by atoms with Crippen LogP contribution in [0.2, 0.25) is 0 Å². The van der Waals surface area contributed by atoms with E-state index in [0.29, 0.717) is 18.4 Å². The number of carbonyl (C=O) groups excluding carboxylic acids is 1. The van der Waals surface area contributed by atoms with Crippen molar-refractivity contribution in [3.05, 3.63) is 48.2 Å². The molecule has 1 aromatic carbocycles. The van der Waals surface area contributed by atoms with Gasteiger partial charge in [-0.3, -0.25) is 4.79 Å². The van der Waals surface area contributed by atoms with E-state index in [1.807, 2.05) is 35.9 Å². The van der Waals surface area contributed by atoms with E-state index >= 15 is 0 Å². The summed E-state index contributed by atoms with van der Waals surface area (Å²) in [6, 6.07) is 9.14. The van der Waals surface area contributed by atoms with E-state index < -0.39 is 43.3 Å². The summed E-state index contributed by atoms with van der Waals surface area (Å²) in [6.07, 6.45) is -4.20. The van der Waals surface area contributed by atoms with E-state index in [1.165, 1.54) is 20.3 Å². The molecule has 0 spiro atoms. The minimum Gasteiger partial charge on any atom is -0.489 e. The van der Waals surface area contributed by atoms with Crippen molar-refractivity contribution in [3.8, 4) is 23.4 Å². The zero-order valence-corrected chi connectivity index (χ0v) is 26.1. The summed E-state index contributed by atoms with van der Waals surface area (Å²) in [5, 5.41) is 3.85. The molecule has 0 fully saturated rings. The standard InChI is InChI=1S/C14H13F3N6O5S.C11H11Cl2NO2/c1-26-8-6-9(27-2)23-13(19-8)20-12(21-23)22-29(24,25)10-7(14(15,16)17)4-5-18-11(10)28-3;1-7-6-16-9-5-3-2-4-8(9)14(7)11(15)10(12)13/h4-6H,1-3H3,(H,21,22);2-5,7,10H,6H2,1H3. The molecule has 1 atom stereocenters. The van der Waals surface area contributed by atoms with Crippen LogP contribution in [0.1, 0.15) is 12.5 Å². The number of sulfonamides is 1. The fourth-order valence-electron chi connectivity index (χ4n) is 4.09. The number of anilines is 2. The van der Waals surface area contributed by atoms with Gasteiger partial charge >= 0.3 is 6.18 Å². The Hall–Kier alpha value is -4.29. The van der Waals surface area contributed by atoms with E-state index in [-0.39, 0.29) is 29.5 Å². The highest BCUT2D eigenvalue weighted by Crippen LogP contribution is 2.38. The maximum absolute atomic E-state index is 13.3. The lowest BCUT2D eigenvalue weighted by Crippen LogP contribution is -2.47. The molecule has 1 amide bonds. The van der Waals surface area contributed by atoms with Gasteiger partial charge in [-0.15, -0.1) is 5.10 Å². The minimum atomic E-state index is -4.98. The number of amides is 1. The normalized spacial score (nSPS) is 14.6. The van der Waals surface area contributed by atoms with Crippen molar-refractivity contribution >= 4 is 56.5 Å². The van der Waals surface area contributed by atoms with E-state index in [1.54, 1.807) is 4.90 Å². The van der Waals surface area contributed by atoms with Crippen LogP contribution >= 0.6 is 23.2 Å². The maximum Gasteiger partial charge on any atom is 0.418 e. The van der Waals surface area contributed by atoms with Crippen molar-refractivity contribution in [2.75, 3.05) is 37.6 Å². The number of pyridine rings is 1. The number of ether oxygens (including phenoxy) is 4. The number of hydrogen-bond donors (Lipinski definition) is 1. The number of alkyl halides is 5. The zero-order chi connectivity index (χ0) is 33.1. The predicted molar refractivity (Wildman–Crippen MR) is 155 cm³/mol. The third-order valence-corrected chi connectivity index (χ3v) is 7.77. The number of carbonyl (C=O) groups is 1. The minimum absolute atomic E-state index is 0.0672. The third-order valence-electron chi connectivity index (χ3n) is 6.01. The van der Waals surface area contributed by atoms with Gasteiger partial charge < -0.3 is 23.8 Å². The summed E-state index contributed by atoms with van der Waals surface area (Å²) in [5.41, 5.74) is -0.740. The Kier molecular flexibility index (Phi) is 9.98. The zero-order valence-electron chi connectivity index (χ0n) is 23.7. The van der Waals surface area contributed by atoms with Gasteiger partial charge in [-0.25, -0.2) is 18.1 Å². The van der Waals surface area contributed by atoms with Crippen LogP contribution in [0.4, 0.5) is 24.8 Å². The molecule has 0 saturated carbocycles. The number of nitrogens with one attached hydrogen (secondary N) is 1. The highest BCUT2D eigenvalue weighted by atomic mass is 35.5. The maximum atomic E-state index is 13.3. The first-order chi connectivity index (χ1) is 21.2. The second kappa shape index (κ2) is 13.4. The lowest BCUT2D eigenvalue weighted by molar-refractivity contribution is -0.140. The van der Waals surface area contributed by atoms with Crippen LogP contribution in [0.15, 0.2) is 47.5 Å². The predicted octanol–water partition coefficient (Wildman–Crippen LogP) is 3.97. The Labute approximate surface area is 264 Å². The molecule has 0 bridgehead atoms. The molecule has 1 unspecified atom stereocenters. The Balaban J connectivity index is 0.000000242. The number of nitrogens with zero attached hydrogens (tertiary/aromatic N) is 6. The number of halogens is 5. The molecule has 0 saturated heterocycles. The average Bonchev–Trinajstić information content (AvgIpc) is 3.41. The first kappa shape index (κ1) is 33.6. The fraction of sp³-hybridized carbons (Fsp3) is 0.320. The van der Waals surface area contributed by atoms with Crippen LogP contribution in [0.5, 0.6) is 23.4 Å². The van der Waals surface area contributed by atoms with Crippen LogP contribution in [0.3, 0.4) is 0 Å². The van der Waals surface area contributed by atoms with Crippen LogP contribution in [-0.4, -0.2) is 77.7 Å². The van der Waals surface area contributed by atoms with Crippen molar-refractivity contribution in [2.45, 2.75) is 28.9 Å². The van der Waals surface area contributed by atoms with Crippen LogP contribution in [-0.2, 0) is 21.0 Å².